The molecule has 17 heavy (non-hydrogen) atoms. The lowest BCUT2D eigenvalue weighted by molar-refractivity contribution is 0.126. The third-order valence-corrected chi connectivity index (χ3v) is 3.76. The van der Waals surface area contributed by atoms with Gasteiger partial charge in [-0.15, -0.1) is 0 Å². The predicted octanol–water partition coefficient (Wildman–Crippen LogP) is 2.39. The molecule has 1 rings (SSSR count). The molecule has 2 unspecified atom stereocenters. The van der Waals surface area contributed by atoms with Crippen LogP contribution in [0.3, 0.4) is 0 Å². The van der Waals surface area contributed by atoms with Crippen LogP contribution in [0.25, 0.3) is 0 Å². The van der Waals surface area contributed by atoms with E-state index in [0.29, 0.717) is 6.04 Å². The Hall–Kier alpha value is -0.120. The van der Waals surface area contributed by atoms with E-state index in [1.807, 2.05) is 0 Å². The van der Waals surface area contributed by atoms with Gasteiger partial charge in [-0.3, -0.25) is 4.90 Å². The van der Waals surface area contributed by atoms with Gasteiger partial charge in [-0.25, -0.2) is 0 Å². The first-order valence-corrected chi connectivity index (χ1v) is 7.26. The summed E-state index contributed by atoms with van der Waals surface area (Å²) in [6.07, 6.45) is 8.93. The summed E-state index contributed by atoms with van der Waals surface area (Å²) in [7, 11) is 1.76. The monoisotopic (exact) mass is 242 g/mol. The number of likely N-dealkylation sites (tertiary alicyclic amines) is 1. The molecule has 0 bridgehead atoms. The van der Waals surface area contributed by atoms with Crippen LogP contribution in [0.5, 0.6) is 0 Å². The fourth-order valence-corrected chi connectivity index (χ4v) is 2.84. The molecule has 1 heterocycles. The Balaban J connectivity index is 2.25. The van der Waals surface area contributed by atoms with Crippen LogP contribution in [0.15, 0.2) is 0 Å². The van der Waals surface area contributed by atoms with Crippen molar-refractivity contribution in [1.29, 1.82) is 0 Å². The number of methoxy groups -OCH3 is 1. The van der Waals surface area contributed by atoms with Gasteiger partial charge in [0, 0.05) is 32.3 Å². The largest absolute Gasteiger partial charge is 0.385 e. The highest BCUT2D eigenvalue weighted by Crippen LogP contribution is 2.21. The molecule has 0 radical (unpaired) electrons. The maximum atomic E-state index is 6.21. The first-order chi connectivity index (χ1) is 8.27. The molecule has 3 heteroatoms. The van der Waals surface area contributed by atoms with Gasteiger partial charge in [0.1, 0.15) is 0 Å². The lowest BCUT2D eigenvalue weighted by Gasteiger charge is -2.37. The first-order valence-electron chi connectivity index (χ1n) is 7.26. The second-order valence-electron chi connectivity index (χ2n) is 5.33. The van der Waals surface area contributed by atoms with Crippen molar-refractivity contribution in [3.05, 3.63) is 0 Å². The zero-order valence-corrected chi connectivity index (χ0v) is 11.7. The number of nitrogens with zero attached hydrogens (tertiary/aromatic N) is 1. The number of rotatable bonds is 8. The number of hydrogen-bond acceptors (Lipinski definition) is 3. The fraction of sp³-hybridized carbons (Fsp3) is 1.00. The van der Waals surface area contributed by atoms with Gasteiger partial charge in [-0.05, 0) is 38.6 Å². The van der Waals surface area contributed by atoms with Gasteiger partial charge in [-0.1, -0.05) is 19.8 Å². The zero-order valence-electron chi connectivity index (χ0n) is 11.7. The van der Waals surface area contributed by atoms with E-state index in [4.69, 9.17) is 10.5 Å². The van der Waals surface area contributed by atoms with Crippen molar-refractivity contribution in [3.8, 4) is 0 Å². The van der Waals surface area contributed by atoms with E-state index in [-0.39, 0.29) is 0 Å². The van der Waals surface area contributed by atoms with Crippen LogP contribution in [0, 0.1) is 0 Å². The molecule has 0 aromatic carbocycles. The van der Waals surface area contributed by atoms with E-state index < -0.39 is 0 Å². The van der Waals surface area contributed by atoms with Crippen LogP contribution < -0.4 is 5.73 Å². The van der Waals surface area contributed by atoms with E-state index in [1.165, 1.54) is 38.6 Å². The fourth-order valence-electron chi connectivity index (χ4n) is 2.84. The summed E-state index contributed by atoms with van der Waals surface area (Å²) >= 11 is 0. The van der Waals surface area contributed by atoms with E-state index in [1.54, 1.807) is 7.11 Å². The molecule has 2 N–H and O–H groups in total. The molecule has 1 aliphatic rings. The van der Waals surface area contributed by atoms with Crippen molar-refractivity contribution >= 4 is 0 Å². The van der Waals surface area contributed by atoms with Crippen LogP contribution in [0.1, 0.15) is 51.9 Å². The van der Waals surface area contributed by atoms with Gasteiger partial charge in [0.2, 0.25) is 0 Å². The molecule has 0 aromatic heterocycles. The Bertz CT molecular complexity index is 185. The minimum Gasteiger partial charge on any atom is -0.385 e. The van der Waals surface area contributed by atoms with Crippen LogP contribution in [-0.2, 0) is 4.74 Å². The van der Waals surface area contributed by atoms with Crippen molar-refractivity contribution in [2.24, 2.45) is 5.73 Å². The van der Waals surface area contributed by atoms with E-state index >= 15 is 0 Å². The van der Waals surface area contributed by atoms with Crippen LogP contribution in [-0.4, -0.2) is 43.8 Å². The van der Waals surface area contributed by atoms with Crippen molar-refractivity contribution in [3.63, 3.8) is 0 Å². The molecule has 0 aliphatic carbocycles. The van der Waals surface area contributed by atoms with Gasteiger partial charge in [0.05, 0.1) is 0 Å². The smallest absolute Gasteiger partial charge is 0.0462 e. The van der Waals surface area contributed by atoms with Gasteiger partial charge in [0.25, 0.3) is 0 Å². The topological polar surface area (TPSA) is 38.5 Å². The molecule has 2 atom stereocenters. The summed E-state index contributed by atoms with van der Waals surface area (Å²) in [5.41, 5.74) is 6.21. The Morgan fingerprint density at radius 3 is 2.94 bits per heavy atom. The second-order valence-corrected chi connectivity index (χ2v) is 5.33. The number of piperidine rings is 1. The molecule has 0 spiro atoms. The average molecular weight is 242 g/mol. The molecule has 0 aromatic rings. The Kier molecular flexibility index (Phi) is 7.82. The van der Waals surface area contributed by atoms with Gasteiger partial charge in [0.15, 0.2) is 0 Å². The number of nitrogens with two attached hydrogens (primary N) is 1. The quantitative estimate of drug-likeness (QED) is 0.664. The van der Waals surface area contributed by atoms with Crippen molar-refractivity contribution < 1.29 is 4.74 Å². The molecule has 1 aliphatic heterocycles. The standard InChI is InChI=1S/C14H30N2O/c1-3-7-14-9-4-5-10-16(14)12-13(15)8-6-11-17-2/h13-14H,3-12,15H2,1-2H3. The Labute approximate surface area is 107 Å². The lowest BCUT2D eigenvalue weighted by atomic mass is 9.97. The highest BCUT2D eigenvalue weighted by atomic mass is 16.5. The maximum absolute atomic E-state index is 6.21. The molecule has 3 nitrogen and oxygen atoms in total. The summed E-state index contributed by atoms with van der Waals surface area (Å²) in [6.45, 7) is 5.45. The van der Waals surface area contributed by atoms with Crippen molar-refractivity contribution in [1.82, 2.24) is 4.90 Å². The second kappa shape index (κ2) is 8.90. The summed E-state index contributed by atoms with van der Waals surface area (Å²) in [4.78, 5) is 2.63. The summed E-state index contributed by atoms with van der Waals surface area (Å²) in [5.74, 6) is 0. The molecule has 0 amide bonds. The van der Waals surface area contributed by atoms with E-state index in [0.717, 1.165) is 32.0 Å². The molecule has 0 saturated carbocycles. The molecule has 1 saturated heterocycles. The summed E-state index contributed by atoms with van der Waals surface area (Å²) in [6, 6.07) is 1.12. The van der Waals surface area contributed by atoms with Gasteiger partial charge >= 0.3 is 0 Å². The molecular formula is C14H30N2O. The van der Waals surface area contributed by atoms with Gasteiger partial charge < -0.3 is 10.5 Å². The van der Waals surface area contributed by atoms with Crippen molar-refractivity contribution in [2.45, 2.75) is 64.0 Å². The average Bonchev–Trinajstić information content (AvgIpc) is 2.32. The minimum absolute atomic E-state index is 0.322. The normalized spacial score (nSPS) is 23.8. The lowest BCUT2D eigenvalue weighted by Crippen LogP contribution is -2.46. The van der Waals surface area contributed by atoms with Crippen molar-refractivity contribution in [2.75, 3.05) is 26.8 Å². The Morgan fingerprint density at radius 1 is 1.41 bits per heavy atom. The van der Waals surface area contributed by atoms with E-state index in [9.17, 15) is 0 Å². The molecular weight excluding hydrogens is 212 g/mol. The SMILES string of the molecule is CCCC1CCCCN1CC(N)CCCOC. The Morgan fingerprint density at radius 2 is 2.24 bits per heavy atom. The highest BCUT2D eigenvalue weighted by molar-refractivity contribution is 4.79. The van der Waals surface area contributed by atoms with Crippen LogP contribution in [0.2, 0.25) is 0 Å². The summed E-state index contributed by atoms with van der Waals surface area (Å²) < 4.78 is 5.07. The minimum atomic E-state index is 0.322. The third kappa shape index (κ3) is 5.84. The third-order valence-electron chi connectivity index (χ3n) is 3.76. The first kappa shape index (κ1) is 14.9. The van der Waals surface area contributed by atoms with Crippen LogP contribution in [0.4, 0.5) is 0 Å². The number of hydrogen-bond donors (Lipinski definition) is 1. The molecule has 102 valence electrons. The maximum Gasteiger partial charge on any atom is 0.0462 e. The predicted molar refractivity (Wildman–Crippen MR) is 73.2 cm³/mol. The van der Waals surface area contributed by atoms with Crippen LogP contribution >= 0.6 is 0 Å². The number of ether oxygens (including phenoxy) is 1. The molecule has 1 fully saturated rings. The summed E-state index contributed by atoms with van der Waals surface area (Å²) in [5, 5.41) is 0. The van der Waals surface area contributed by atoms with E-state index in [2.05, 4.69) is 11.8 Å². The zero-order chi connectivity index (χ0) is 12.5. The highest BCUT2D eigenvalue weighted by Gasteiger charge is 2.22. The van der Waals surface area contributed by atoms with Gasteiger partial charge in [-0.2, -0.15) is 0 Å².